The number of hydrogen-bond acceptors (Lipinski definition) is 6. The number of benzene rings is 1. The number of carbonyl (C=O) groups is 1. The van der Waals surface area contributed by atoms with Crippen molar-refractivity contribution in [2.45, 2.75) is 13.3 Å². The van der Waals surface area contributed by atoms with E-state index >= 15 is 0 Å². The van der Waals surface area contributed by atoms with Crippen LogP contribution in [0.4, 0.5) is 5.13 Å². The molecule has 1 aromatic carbocycles. The average Bonchev–Trinajstić information content (AvgIpc) is 2.98. The fourth-order valence-corrected chi connectivity index (χ4v) is 3.86. The summed E-state index contributed by atoms with van der Waals surface area (Å²) in [6, 6.07) is 5.81. The van der Waals surface area contributed by atoms with Gasteiger partial charge in [-0.3, -0.25) is 4.79 Å². The molecule has 2 aromatic rings. The predicted molar refractivity (Wildman–Crippen MR) is 93.2 cm³/mol. The van der Waals surface area contributed by atoms with Gasteiger partial charge in [-0.2, -0.15) is 0 Å². The molecular formula is C17H20N2O4S. The number of rotatable bonds is 5. The Hall–Kier alpha value is -2.12. The Morgan fingerprint density at radius 1 is 1.42 bits per heavy atom. The maximum atomic E-state index is 11.2. The van der Waals surface area contributed by atoms with Crippen LogP contribution in [0.5, 0.6) is 5.75 Å². The molecule has 0 radical (unpaired) electrons. The monoisotopic (exact) mass is 348 g/mol. The van der Waals surface area contributed by atoms with Crippen molar-refractivity contribution in [1.29, 1.82) is 0 Å². The maximum absolute atomic E-state index is 11.2. The topological polar surface area (TPSA) is 71.9 Å². The van der Waals surface area contributed by atoms with Crippen molar-refractivity contribution in [3.63, 3.8) is 0 Å². The van der Waals surface area contributed by atoms with Crippen molar-refractivity contribution in [3.05, 3.63) is 28.6 Å². The Kier molecular flexibility index (Phi) is 5.01. The molecule has 128 valence electrons. The number of hydrogen-bond donors (Lipinski definition) is 1. The molecule has 1 aromatic heterocycles. The minimum Gasteiger partial charge on any atom is -0.496 e. The first-order chi connectivity index (χ1) is 11.6. The average molecular weight is 348 g/mol. The fourth-order valence-electron chi connectivity index (χ4n) is 2.74. The van der Waals surface area contributed by atoms with E-state index < -0.39 is 5.97 Å². The van der Waals surface area contributed by atoms with Crippen molar-refractivity contribution in [3.8, 4) is 17.0 Å². The Balaban J connectivity index is 1.99. The first kappa shape index (κ1) is 16.7. The largest absolute Gasteiger partial charge is 0.496 e. The van der Waals surface area contributed by atoms with Crippen molar-refractivity contribution in [1.82, 2.24) is 4.98 Å². The number of nitrogens with zero attached hydrogens (tertiary/aromatic N) is 2. The molecule has 1 saturated heterocycles. The molecule has 0 spiro atoms. The Morgan fingerprint density at radius 2 is 2.17 bits per heavy atom. The van der Waals surface area contributed by atoms with Crippen LogP contribution >= 0.6 is 11.3 Å². The van der Waals surface area contributed by atoms with E-state index in [0.717, 1.165) is 45.7 Å². The smallest absolute Gasteiger partial charge is 0.308 e. The molecule has 1 aliphatic heterocycles. The number of anilines is 1. The van der Waals surface area contributed by atoms with Crippen LogP contribution in [0.15, 0.2) is 18.2 Å². The zero-order chi connectivity index (χ0) is 17.1. The predicted octanol–water partition coefficient (Wildman–Crippen LogP) is 2.59. The number of aryl methyl sites for hydroxylation is 1. The van der Waals surface area contributed by atoms with Gasteiger partial charge in [0.15, 0.2) is 5.13 Å². The number of ether oxygens (including phenoxy) is 2. The van der Waals surface area contributed by atoms with E-state index in [1.54, 1.807) is 7.11 Å². The molecule has 24 heavy (non-hydrogen) atoms. The molecule has 0 saturated carbocycles. The second-order valence-electron chi connectivity index (χ2n) is 5.62. The minimum atomic E-state index is -0.848. The van der Waals surface area contributed by atoms with Gasteiger partial charge in [0.1, 0.15) is 5.75 Å². The summed E-state index contributed by atoms with van der Waals surface area (Å²) < 4.78 is 10.7. The molecule has 1 fully saturated rings. The van der Waals surface area contributed by atoms with Crippen LogP contribution in [0.25, 0.3) is 11.3 Å². The van der Waals surface area contributed by atoms with Gasteiger partial charge in [0.25, 0.3) is 0 Å². The Bertz CT molecular complexity index is 738. The van der Waals surface area contributed by atoms with Gasteiger partial charge in [-0.15, -0.1) is 11.3 Å². The lowest BCUT2D eigenvalue weighted by Gasteiger charge is -2.26. The molecular weight excluding hydrogens is 328 g/mol. The van der Waals surface area contributed by atoms with E-state index in [1.807, 2.05) is 25.1 Å². The van der Waals surface area contributed by atoms with Crippen LogP contribution in [0.3, 0.4) is 0 Å². The zero-order valence-electron chi connectivity index (χ0n) is 13.7. The third-order valence-electron chi connectivity index (χ3n) is 3.95. The highest BCUT2D eigenvalue weighted by Gasteiger charge is 2.21. The number of carboxylic acid groups (broad SMARTS) is 1. The lowest BCUT2D eigenvalue weighted by molar-refractivity contribution is -0.136. The van der Waals surface area contributed by atoms with Gasteiger partial charge in [-0.25, -0.2) is 4.98 Å². The summed E-state index contributed by atoms with van der Waals surface area (Å²) in [4.78, 5) is 18.9. The second-order valence-corrected chi connectivity index (χ2v) is 6.68. The van der Waals surface area contributed by atoms with Crippen molar-refractivity contribution in [2.24, 2.45) is 0 Å². The highest BCUT2D eigenvalue weighted by atomic mass is 32.1. The molecule has 6 nitrogen and oxygen atoms in total. The summed E-state index contributed by atoms with van der Waals surface area (Å²) in [5, 5.41) is 10.1. The maximum Gasteiger partial charge on any atom is 0.308 e. The summed E-state index contributed by atoms with van der Waals surface area (Å²) in [6.07, 6.45) is -0.0254. The summed E-state index contributed by atoms with van der Waals surface area (Å²) in [7, 11) is 1.64. The molecule has 0 amide bonds. The van der Waals surface area contributed by atoms with Crippen molar-refractivity contribution in [2.75, 3.05) is 38.3 Å². The lowest BCUT2D eigenvalue weighted by atomic mass is 10.1. The van der Waals surface area contributed by atoms with Gasteiger partial charge >= 0.3 is 5.97 Å². The number of methoxy groups -OCH3 is 1. The van der Waals surface area contributed by atoms with Crippen LogP contribution in [0.1, 0.15) is 10.4 Å². The molecule has 0 bridgehead atoms. The van der Waals surface area contributed by atoms with Gasteiger partial charge in [0.2, 0.25) is 0 Å². The molecule has 0 unspecified atom stereocenters. The van der Waals surface area contributed by atoms with Gasteiger partial charge in [0.05, 0.1) is 32.4 Å². The molecule has 1 aliphatic rings. The zero-order valence-corrected chi connectivity index (χ0v) is 14.6. The van der Waals surface area contributed by atoms with Crippen LogP contribution < -0.4 is 9.64 Å². The highest BCUT2D eigenvalue weighted by Crippen LogP contribution is 2.35. The summed E-state index contributed by atoms with van der Waals surface area (Å²) in [6.45, 7) is 4.87. The number of morpholine rings is 1. The van der Waals surface area contributed by atoms with E-state index in [-0.39, 0.29) is 6.42 Å². The Morgan fingerprint density at radius 3 is 2.79 bits per heavy atom. The number of aliphatic carboxylic acids is 1. The summed E-state index contributed by atoms with van der Waals surface area (Å²) in [5.74, 6) is -0.0409. The lowest BCUT2D eigenvalue weighted by Crippen LogP contribution is -2.36. The highest BCUT2D eigenvalue weighted by molar-refractivity contribution is 7.16. The first-order valence-electron chi connectivity index (χ1n) is 7.77. The SMILES string of the molecule is COc1ccc(-c2nc(N3CCOCC3)sc2CC(=O)O)cc1C. The van der Waals surface area contributed by atoms with Crippen molar-refractivity contribution >= 4 is 22.4 Å². The van der Waals surface area contributed by atoms with Crippen molar-refractivity contribution < 1.29 is 19.4 Å². The van der Waals surface area contributed by atoms with E-state index in [1.165, 1.54) is 11.3 Å². The van der Waals surface area contributed by atoms with Crippen LogP contribution in [-0.4, -0.2) is 49.5 Å². The van der Waals surface area contributed by atoms with E-state index in [0.29, 0.717) is 13.2 Å². The second kappa shape index (κ2) is 7.19. The molecule has 3 rings (SSSR count). The number of thiazole rings is 1. The van der Waals surface area contributed by atoms with Gasteiger partial charge in [-0.1, -0.05) is 0 Å². The molecule has 2 heterocycles. The van der Waals surface area contributed by atoms with E-state index in [4.69, 9.17) is 14.5 Å². The van der Waals surface area contributed by atoms with Crippen LogP contribution in [0, 0.1) is 6.92 Å². The van der Waals surface area contributed by atoms with Gasteiger partial charge in [0, 0.05) is 23.5 Å². The number of carboxylic acids is 1. The molecule has 1 N–H and O–H groups in total. The van der Waals surface area contributed by atoms with Gasteiger partial charge < -0.3 is 19.5 Å². The third-order valence-corrected chi connectivity index (χ3v) is 5.06. The summed E-state index contributed by atoms with van der Waals surface area (Å²) >= 11 is 1.45. The summed E-state index contributed by atoms with van der Waals surface area (Å²) in [5.41, 5.74) is 2.66. The molecule has 7 heteroatoms. The van der Waals surface area contributed by atoms with E-state index in [9.17, 15) is 9.90 Å². The standard InChI is InChI=1S/C17H20N2O4S/c1-11-9-12(3-4-13(11)22-2)16-14(10-15(20)21)24-17(18-16)19-5-7-23-8-6-19/h3-4,9H,5-8,10H2,1-2H3,(H,20,21). The number of aromatic nitrogens is 1. The minimum absolute atomic E-state index is 0.0254. The molecule has 0 atom stereocenters. The quantitative estimate of drug-likeness (QED) is 0.895. The Labute approximate surface area is 144 Å². The van der Waals surface area contributed by atoms with Gasteiger partial charge in [-0.05, 0) is 30.7 Å². The van der Waals surface area contributed by atoms with E-state index in [2.05, 4.69) is 4.90 Å². The molecule has 0 aliphatic carbocycles. The van der Waals surface area contributed by atoms with Crippen LogP contribution in [-0.2, 0) is 16.0 Å². The third kappa shape index (κ3) is 3.52. The first-order valence-corrected chi connectivity index (χ1v) is 8.59. The normalized spacial score (nSPS) is 14.7. The fraction of sp³-hybridized carbons (Fsp3) is 0.412. The van der Waals surface area contributed by atoms with Crippen LogP contribution in [0.2, 0.25) is 0 Å².